The van der Waals surface area contributed by atoms with E-state index in [0.29, 0.717) is 48.7 Å². The second kappa shape index (κ2) is 9.01. The first-order valence-corrected chi connectivity index (χ1v) is 12.2. The lowest BCUT2D eigenvalue weighted by atomic mass is 9.81. The predicted octanol–water partition coefficient (Wildman–Crippen LogP) is 2.14. The van der Waals surface area contributed by atoms with Crippen LogP contribution < -0.4 is 11.2 Å². The third-order valence-corrected chi connectivity index (χ3v) is 7.74. The van der Waals surface area contributed by atoms with Crippen molar-refractivity contribution < 1.29 is 14.0 Å². The van der Waals surface area contributed by atoms with Crippen LogP contribution in [0.25, 0.3) is 10.2 Å². The van der Waals surface area contributed by atoms with E-state index in [1.807, 2.05) is 4.90 Å². The standard InChI is InChI=1S/C23H26N4O5S/c28-20(25-8-10-26(11-9-25)21(29)18-2-1-12-32-18)16-5-3-15(4-6-16)14-27-22(30)19-17(7-13-33-19)24-23(27)31/h1-2,7,12-13,15-16H,3-6,8-11,14H2,(H,24,31). The maximum atomic E-state index is 13.0. The SMILES string of the molecule is O=C(c1ccco1)N1CCN(C(=O)C2CCC(Cn3c(=O)[nH]c4ccsc4c3=O)CC2)CC1. The molecule has 2 amide bonds. The first-order valence-electron chi connectivity index (χ1n) is 11.3. The summed E-state index contributed by atoms with van der Waals surface area (Å²) in [5.41, 5.74) is -0.0125. The summed E-state index contributed by atoms with van der Waals surface area (Å²) in [6.45, 7) is 2.43. The summed E-state index contributed by atoms with van der Waals surface area (Å²) >= 11 is 1.34. The fraction of sp³-hybridized carbons (Fsp3) is 0.478. The smallest absolute Gasteiger partial charge is 0.328 e. The fourth-order valence-electron chi connectivity index (χ4n) is 4.93. The third kappa shape index (κ3) is 4.27. The topological polar surface area (TPSA) is 109 Å². The van der Waals surface area contributed by atoms with E-state index in [9.17, 15) is 19.2 Å². The van der Waals surface area contributed by atoms with Crippen molar-refractivity contribution in [3.63, 3.8) is 0 Å². The molecule has 0 bridgehead atoms. The van der Waals surface area contributed by atoms with Gasteiger partial charge in [0.15, 0.2) is 5.76 Å². The number of hydrogen-bond acceptors (Lipinski definition) is 6. The van der Waals surface area contributed by atoms with Crippen LogP contribution in [0.1, 0.15) is 36.2 Å². The Kier molecular flexibility index (Phi) is 5.92. The molecule has 33 heavy (non-hydrogen) atoms. The maximum Gasteiger partial charge on any atom is 0.328 e. The number of furan rings is 1. The molecular formula is C23H26N4O5S. The van der Waals surface area contributed by atoms with Gasteiger partial charge in [-0.3, -0.25) is 19.0 Å². The van der Waals surface area contributed by atoms with Gasteiger partial charge in [-0.1, -0.05) is 0 Å². The molecule has 3 aromatic heterocycles. The lowest BCUT2D eigenvalue weighted by Crippen LogP contribution is -2.52. The number of nitrogens with zero attached hydrogens (tertiary/aromatic N) is 3. The first kappa shape index (κ1) is 21.7. The van der Waals surface area contributed by atoms with Gasteiger partial charge in [-0.2, -0.15) is 0 Å². The zero-order valence-electron chi connectivity index (χ0n) is 18.2. The van der Waals surface area contributed by atoms with E-state index < -0.39 is 0 Å². The molecule has 1 saturated carbocycles. The van der Waals surface area contributed by atoms with Crippen LogP contribution in [0.15, 0.2) is 43.8 Å². The molecular weight excluding hydrogens is 444 g/mol. The number of thiophene rings is 1. The molecule has 1 aliphatic carbocycles. The van der Waals surface area contributed by atoms with Crippen LogP contribution in [-0.2, 0) is 11.3 Å². The van der Waals surface area contributed by atoms with Crippen LogP contribution in [0.3, 0.4) is 0 Å². The molecule has 5 rings (SSSR count). The summed E-state index contributed by atoms with van der Waals surface area (Å²) in [6.07, 6.45) is 4.60. The van der Waals surface area contributed by atoms with E-state index in [1.54, 1.807) is 28.5 Å². The zero-order valence-corrected chi connectivity index (χ0v) is 19.0. The molecule has 4 heterocycles. The summed E-state index contributed by atoms with van der Waals surface area (Å²) in [5.74, 6) is 0.493. The normalized spacial score (nSPS) is 21.5. The number of piperazine rings is 1. The van der Waals surface area contributed by atoms with Crippen molar-refractivity contribution in [1.29, 1.82) is 0 Å². The molecule has 1 aliphatic heterocycles. The number of nitrogens with one attached hydrogen (secondary N) is 1. The molecule has 2 aliphatic rings. The van der Waals surface area contributed by atoms with E-state index >= 15 is 0 Å². The van der Waals surface area contributed by atoms with Gasteiger partial charge in [-0.25, -0.2) is 4.79 Å². The summed E-state index contributed by atoms with van der Waals surface area (Å²) in [4.78, 5) is 56.9. The number of H-pyrrole nitrogens is 1. The van der Waals surface area contributed by atoms with Gasteiger partial charge in [0, 0.05) is 38.6 Å². The zero-order chi connectivity index (χ0) is 22.9. The Hall–Kier alpha value is -3.14. The van der Waals surface area contributed by atoms with Gasteiger partial charge >= 0.3 is 5.69 Å². The van der Waals surface area contributed by atoms with Crippen molar-refractivity contribution in [2.75, 3.05) is 26.2 Å². The molecule has 3 aromatic rings. The average Bonchev–Trinajstić information content (AvgIpc) is 3.54. The van der Waals surface area contributed by atoms with Crippen LogP contribution in [0, 0.1) is 11.8 Å². The maximum absolute atomic E-state index is 13.0. The van der Waals surface area contributed by atoms with Crippen molar-refractivity contribution in [2.24, 2.45) is 11.8 Å². The number of carbonyl (C=O) groups is 2. The lowest BCUT2D eigenvalue weighted by Gasteiger charge is -2.37. The highest BCUT2D eigenvalue weighted by molar-refractivity contribution is 7.17. The highest BCUT2D eigenvalue weighted by atomic mass is 32.1. The number of aromatic amines is 1. The van der Waals surface area contributed by atoms with Crippen LogP contribution in [0.2, 0.25) is 0 Å². The summed E-state index contributed by atoms with van der Waals surface area (Å²) in [6, 6.07) is 5.09. The Morgan fingerprint density at radius 1 is 1.03 bits per heavy atom. The van der Waals surface area contributed by atoms with Gasteiger partial charge in [-0.05, 0) is 55.2 Å². The van der Waals surface area contributed by atoms with Crippen molar-refractivity contribution in [2.45, 2.75) is 32.2 Å². The summed E-state index contributed by atoms with van der Waals surface area (Å²) < 4.78 is 7.07. The molecule has 9 nitrogen and oxygen atoms in total. The minimum atomic E-state index is -0.369. The minimum absolute atomic E-state index is 0.0386. The number of hydrogen-bond donors (Lipinski definition) is 1. The van der Waals surface area contributed by atoms with Gasteiger partial charge in [0.2, 0.25) is 5.91 Å². The molecule has 0 atom stereocenters. The van der Waals surface area contributed by atoms with Gasteiger partial charge in [-0.15, -0.1) is 11.3 Å². The molecule has 0 aromatic carbocycles. The Morgan fingerprint density at radius 2 is 1.76 bits per heavy atom. The molecule has 0 radical (unpaired) electrons. The first-order chi connectivity index (χ1) is 16.0. The van der Waals surface area contributed by atoms with Gasteiger partial charge in [0.25, 0.3) is 11.5 Å². The van der Waals surface area contributed by atoms with Crippen LogP contribution >= 0.6 is 11.3 Å². The second-order valence-electron chi connectivity index (χ2n) is 8.82. The molecule has 0 spiro atoms. The highest BCUT2D eigenvalue weighted by Gasteiger charge is 2.32. The van der Waals surface area contributed by atoms with Gasteiger partial charge in [0.05, 0.1) is 11.8 Å². The molecule has 2 fully saturated rings. The summed E-state index contributed by atoms with van der Waals surface area (Å²) in [7, 11) is 0. The van der Waals surface area contributed by atoms with Crippen LogP contribution in [-0.4, -0.2) is 57.3 Å². The van der Waals surface area contributed by atoms with Crippen molar-refractivity contribution >= 4 is 33.4 Å². The Labute approximate surface area is 193 Å². The van der Waals surface area contributed by atoms with E-state index in [2.05, 4.69) is 4.98 Å². The molecule has 174 valence electrons. The Morgan fingerprint density at radius 3 is 2.45 bits per heavy atom. The fourth-order valence-corrected chi connectivity index (χ4v) is 5.73. The Balaban J connectivity index is 1.14. The quantitative estimate of drug-likeness (QED) is 0.628. The highest BCUT2D eigenvalue weighted by Crippen LogP contribution is 2.31. The largest absolute Gasteiger partial charge is 0.459 e. The van der Waals surface area contributed by atoms with E-state index in [4.69, 9.17) is 4.42 Å². The van der Waals surface area contributed by atoms with E-state index in [1.165, 1.54) is 22.2 Å². The average molecular weight is 471 g/mol. The molecule has 1 N–H and O–H groups in total. The number of rotatable bonds is 4. The lowest BCUT2D eigenvalue weighted by molar-refractivity contribution is -0.138. The molecule has 1 saturated heterocycles. The molecule has 10 heteroatoms. The monoisotopic (exact) mass is 470 g/mol. The van der Waals surface area contributed by atoms with Gasteiger partial charge < -0.3 is 19.2 Å². The van der Waals surface area contributed by atoms with Crippen LogP contribution in [0.5, 0.6) is 0 Å². The van der Waals surface area contributed by atoms with E-state index in [-0.39, 0.29) is 34.9 Å². The van der Waals surface area contributed by atoms with Crippen molar-refractivity contribution in [1.82, 2.24) is 19.4 Å². The molecule has 0 unspecified atom stereocenters. The van der Waals surface area contributed by atoms with E-state index in [0.717, 1.165) is 25.7 Å². The predicted molar refractivity (Wildman–Crippen MR) is 123 cm³/mol. The Bertz CT molecular complexity index is 1260. The third-order valence-electron chi connectivity index (χ3n) is 6.84. The number of aromatic nitrogens is 2. The number of amides is 2. The summed E-state index contributed by atoms with van der Waals surface area (Å²) in [5, 5.41) is 1.80. The number of fused-ring (bicyclic) bond motifs is 1. The van der Waals surface area contributed by atoms with Crippen LogP contribution in [0.4, 0.5) is 0 Å². The second-order valence-corrected chi connectivity index (χ2v) is 9.74. The van der Waals surface area contributed by atoms with Gasteiger partial charge in [0.1, 0.15) is 4.70 Å². The number of carbonyl (C=O) groups excluding carboxylic acids is 2. The minimum Gasteiger partial charge on any atom is -0.459 e. The van der Waals surface area contributed by atoms with Crippen molar-refractivity contribution in [3.05, 3.63) is 56.4 Å². The van der Waals surface area contributed by atoms with Crippen molar-refractivity contribution in [3.8, 4) is 0 Å².